The quantitative estimate of drug-likeness (QED) is 0.851. The number of carbonyl (C=O) groups is 1. The second-order valence-electron chi connectivity index (χ2n) is 5.28. The highest BCUT2D eigenvalue weighted by Gasteiger charge is 2.14. The van der Waals surface area contributed by atoms with Gasteiger partial charge in [-0.25, -0.2) is 0 Å². The minimum absolute atomic E-state index is 0. The van der Waals surface area contributed by atoms with E-state index in [0.29, 0.717) is 0 Å². The summed E-state index contributed by atoms with van der Waals surface area (Å²) in [6.45, 7) is 1.95. The van der Waals surface area contributed by atoms with Gasteiger partial charge in [0, 0.05) is 12.5 Å². The van der Waals surface area contributed by atoms with Crippen LogP contribution in [-0.4, -0.2) is 13.0 Å². The molecule has 0 aliphatic carbocycles. The van der Waals surface area contributed by atoms with Crippen LogP contribution in [0.25, 0.3) is 0 Å². The van der Waals surface area contributed by atoms with E-state index in [1.807, 2.05) is 61.5 Å². The smallest absolute Gasteiger partial charge is 0.222 e. The van der Waals surface area contributed by atoms with Gasteiger partial charge in [-0.1, -0.05) is 42.5 Å². The van der Waals surface area contributed by atoms with Crippen molar-refractivity contribution in [2.75, 3.05) is 7.11 Å². The molecule has 0 aliphatic heterocycles. The second-order valence-corrected chi connectivity index (χ2v) is 5.28. The molecule has 2 atom stereocenters. The molecule has 2 rings (SSSR count). The molecule has 5 heteroatoms. The summed E-state index contributed by atoms with van der Waals surface area (Å²) in [5.41, 5.74) is 8.07. The summed E-state index contributed by atoms with van der Waals surface area (Å²) in [7, 11) is 1.63. The third-order valence-corrected chi connectivity index (χ3v) is 3.63. The van der Waals surface area contributed by atoms with E-state index in [2.05, 4.69) is 5.32 Å². The molecular weight excluding hydrogens is 312 g/mol. The molecule has 124 valence electrons. The Balaban J connectivity index is 0.00000264. The van der Waals surface area contributed by atoms with E-state index in [1.54, 1.807) is 7.11 Å². The van der Waals surface area contributed by atoms with E-state index in [-0.39, 0.29) is 36.8 Å². The number of nitrogens with one attached hydrogen (secondary N) is 1. The molecule has 0 saturated carbocycles. The van der Waals surface area contributed by atoms with Crippen molar-refractivity contribution in [1.29, 1.82) is 0 Å². The van der Waals surface area contributed by atoms with Crippen LogP contribution in [0.4, 0.5) is 0 Å². The molecule has 0 heterocycles. The number of methoxy groups -OCH3 is 1. The predicted octanol–water partition coefficient (Wildman–Crippen LogP) is 3.38. The van der Waals surface area contributed by atoms with Gasteiger partial charge in [-0.05, 0) is 30.2 Å². The fourth-order valence-electron chi connectivity index (χ4n) is 2.29. The summed E-state index contributed by atoms with van der Waals surface area (Å²) < 4.78 is 5.13. The molecule has 3 N–H and O–H groups in total. The number of carbonyl (C=O) groups excluding carboxylic acids is 1. The molecule has 0 saturated heterocycles. The van der Waals surface area contributed by atoms with Gasteiger partial charge in [0.15, 0.2) is 0 Å². The summed E-state index contributed by atoms with van der Waals surface area (Å²) in [5.74, 6) is 0.744. The first-order chi connectivity index (χ1) is 10.6. The van der Waals surface area contributed by atoms with Crippen LogP contribution < -0.4 is 15.8 Å². The lowest BCUT2D eigenvalue weighted by Gasteiger charge is -2.17. The van der Waals surface area contributed by atoms with Crippen LogP contribution in [0.3, 0.4) is 0 Å². The van der Waals surface area contributed by atoms with Crippen molar-refractivity contribution in [3.8, 4) is 5.75 Å². The van der Waals surface area contributed by atoms with Crippen LogP contribution in [0.5, 0.6) is 5.75 Å². The molecule has 0 spiro atoms. The van der Waals surface area contributed by atoms with Crippen molar-refractivity contribution >= 4 is 18.3 Å². The highest BCUT2D eigenvalue weighted by Crippen LogP contribution is 2.18. The number of hydrogen-bond acceptors (Lipinski definition) is 3. The van der Waals surface area contributed by atoms with E-state index in [9.17, 15) is 4.79 Å². The topological polar surface area (TPSA) is 64.3 Å². The molecule has 0 aliphatic rings. The average molecular weight is 335 g/mol. The van der Waals surface area contributed by atoms with Gasteiger partial charge >= 0.3 is 0 Å². The Morgan fingerprint density at radius 2 is 1.70 bits per heavy atom. The van der Waals surface area contributed by atoms with Gasteiger partial charge in [0.05, 0.1) is 13.2 Å². The molecule has 23 heavy (non-hydrogen) atoms. The Labute approximate surface area is 143 Å². The van der Waals surface area contributed by atoms with Crippen molar-refractivity contribution in [2.45, 2.75) is 25.4 Å². The molecule has 2 aromatic rings. The van der Waals surface area contributed by atoms with Gasteiger partial charge in [-0.3, -0.25) is 4.79 Å². The molecule has 0 bridgehead atoms. The number of amides is 1. The van der Waals surface area contributed by atoms with Crippen molar-refractivity contribution in [2.24, 2.45) is 5.73 Å². The maximum absolute atomic E-state index is 12.1. The van der Waals surface area contributed by atoms with Gasteiger partial charge < -0.3 is 15.8 Å². The van der Waals surface area contributed by atoms with Crippen LogP contribution in [0.15, 0.2) is 54.6 Å². The fraction of sp³-hybridized carbons (Fsp3) is 0.278. The first-order valence-electron chi connectivity index (χ1n) is 7.34. The maximum Gasteiger partial charge on any atom is 0.222 e. The number of nitrogens with two attached hydrogens (primary N) is 1. The second kappa shape index (κ2) is 9.18. The summed E-state index contributed by atoms with van der Waals surface area (Å²) in [4.78, 5) is 12.1. The zero-order chi connectivity index (χ0) is 15.9. The zero-order valence-corrected chi connectivity index (χ0v) is 14.2. The zero-order valence-electron chi connectivity index (χ0n) is 13.4. The predicted molar refractivity (Wildman–Crippen MR) is 94.8 cm³/mol. The highest BCUT2D eigenvalue weighted by molar-refractivity contribution is 5.85. The van der Waals surface area contributed by atoms with Crippen LogP contribution >= 0.6 is 12.4 Å². The largest absolute Gasteiger partial charge is 0.497 e. The SMILES string of the molecule is COc1ccc(C(C)NC(=O)CC(N)c2ccccc2)cc1.Cl. The lowest BCUT2D eigenvalue weighted by molar-refractivity contribution is -0.122. The maximum atomic E-state index is 12.1. The van der Waals surface area contributed by atoms with Crippen LogP contribution in [-0.2, 0) is 4.79 Å². The Bertz CT molecular complexity index is 602. The van der Waals surface area contributed by atoms with Gasteiger partial charge in [-0.15, -0.1) is 12.4 Å². The summed E-state index contributed by atoms with van der Waals surface area (Å²) in [6, 6.07) is 17.0. The van der Waals surface area contributed by atoms with Gasteiger partial charge in [0.2, 0.25) is 5.91 Å². The normalized spacial score (nSPS) is 12.7. The van der Waals surface area contributed by atoms with E-state index in [0.717, 1.165) is 16.9 Å². The monoisotopic (exact) mass is 334 g/mol. The number of rotatable bonds is 6. The number of hydrogen-bond donors (Lipinski definition) is 2. The number of ether oxygens (including phenoxy) is 1. The number of halogens is 1. The molecule has 0 aromatic heterocycles. The van der Waals surface area contributed by atoms with Crippen LogP contribution in [0, 0.1) is 0 Å². The standard InChI is InChI=1S/C18H22N2O2.ClH/c1-13(14-8-10-16(22-2)11-9-14)20-18(21)12-17(19)15-6-4-3-5-7-15;/h3-11,13,17H,12,19H2,1-2H3,(H,20,21);1H. The Hall–Kier alpha value is -2.04. The molecule has 2 unspecified atom stereocenters. The number of benzene rings is 2. The third kappa shape index (κ3) is 5.58. The van der Waals surface area contributed by atoms with Crippen molar-refractivity contribution in [1.82, 2.24) is 5.32 Å². The highest BCUT2D eigenvalue weighted by atomic mass is 35.5. The van der Waals surface area contributed by atoms with E-state index >= 15 is 0 Å². The molecule has 0 fully saturated rings. The van der Waals surface area contributed by atoms with Gasteiger partial charge in [0.25, 0.3) is 0 Å². The minimum atomic E-state index is -0.288. The van der Waals surface area contributed by atoms with Crippen molar-refractivity contribution in [3.05, 3.63) is 65.7 Å². The molecule has 0 radical (unpaired) electrons. The van der Waals surface area contributed by atoms with Crippen LogP contribution in [0.2, 0.25) is 0 Å². The van der Waals surface area contributed by atoms with E-state index in [4.69, 9.17) is 10.5 Å². The Kier molecular flexibility index (Phi) is 7.59. The van der Waals surface area contributed by atoms with Crippen molar-refractivity contribution < 1.29 is 9.53 Å². The third-order valence-electron chi connectivity index (χ3n) is 3.63. The Morgan fingerprint density at radius 3 is 2.26 bits per heavy atom. The lowest BCUT2D eigenvalue weighted by Crippen LogP contribution is -2.29. The van der Waals surface area contributed by atoms with Crippen LogP contribution in [0.1, 0.15) is 36.6 Å². The Morgan fingerprint density at radius 1 is 1.09 bits per heavy atom. The average Bonchev–Trinajstić information content (AvgIpc) is 2.55. The van der Waals surface area contributed by atoms with E-state index < -0.39 is 0 Å². The lowest BCUT2D eigenvalue weighted by atomic mass is 10.0. The van der Waals surface area contributed by atoms with Crippen molar-refractivity contribution in [3.63, 3.8) is 0 Å². The summed E-state index contributed by atoms with van der Waals surface area (Å²) >= 11 is 0. The summed E-state index contributed by atoms with van der Waals surface area (Å²) in [6.07, 6.45) is 0.268. The molecular formula is C18H23ClN2O2. The minimum Gasteiger partial charge on any atom is -0.497 e. The molecule has 1 amide bonds. The van der Waals surface area contributed by atoms with Gasteiger partial charge in [0.1, 0.15) is 5.75 Å². The molecule has 2 aromatic carbocycles. The molecule has 4 nitrogen and oxygen atoms in total. The first kappa shape index (κ1) is 19.0. The van der Waals surface area contributed by atoms with Gasteiger partial charge in [-0.2, -0.15) is 0 Å². The summed E-state index contributed by atoms with van der Waals surface area (Å²) in [5, 5.41) is 2.97. The first-order valence-corrected chi connectivity index (χ1v) is 7.34. The van der Waals surface area contributed by atoms with E-state index in [1.165, 1.54) is 0 Å². The fourth-order valence-corrected chi connectivity index (χ4v) is 2.29.